The van der Waals surface area contributed by atoms with Crippen molar-refractivity contribution in [3.63, 3.8) is 0 Å². The Hall–Kier alpha value is -2.90. The predicted molar refractivity (Wildman–Crippen MR) is 161 cm³/mol. The monoisotopic (exact) mass is 584 g/mol. The van der Waals surface area contributed by atoms with Crippen LogP contribution in [0.4, 0.5) is 0 Å². The molecule has 6 nitrogen and oxygen atoms in total. The van der Waals surface area contributed by atoms with Crippen LogP contribution in [0.5, 0.6) is 0 Å². The van der Waals surface area contributed by atoms with Crippen LogP contribution in [-0.4, -0.2) is 61.0 Å². The van der Waals surface area contributed by atoms with Crippen LogP contribution in [0.15, 0.2) is 84.9 Å². The zero-order valence-corrected chi connectivity index (χ0v) is 24.3. The Morgan fingerprint density at radius 3 is 1.23 bits per heavy atom. The fraction of sp³-hybridized carbons (Fsp3) is 0.375. The minimum atomic E-state index is -0.513. The Morgan fingerprint density at radius 1 is 0.550 bits per heavy atom. The molecule has 2 fully saturated rings. The first kappa shape index (κ1) is 31.6. The summed E-state index contributed by atoms with van der Waals surface area (Å²) in [5.74, 6) is -1.03. The lowest BCUT2D eigenvalue weighted by Gasteiger charge is -2.25. The molecule has 2 atom stereocenters. The minimum absolute atomic E-state index is 0. The Bertz CT molecular complexity index is 1110. The second kappa shape index (κ2) is 15.8. The van der Waals surface area contributed by atoms with E-state index in [2.05, 4.69) is 9.80 Å². The van der Waals surface area contributed by atoms with E-state index >= 15 is 0 Å². The molecule has 0 aliphatic carbocycles. The first-order chi connectivity index (χ1) is 18.7. The molecule has 0 amide bonds. The van der Waals surface area contributed by atoms with E-state index in [0.717, 1.165) is 63.0 Å². The number of halogens is 2. The van der Waals surface area contributed by atoms with Crippen molar-refractivity contribution in [2.75, 3.05) is 39.3 Å². The number of esters is 2. The molecule has 0 N–H and O–H groups in total. The number of rotatable bonds is 10. The third-order valence-electron chi connectivity index (χ3n) is 7.45. The van der Waals surface area contributed by atoms with Crippen LogP contribution < -0.4 is 0 Å². The van der Waals surface area contributed by atoms with Gasteiger partial charge in [-0.05, 0) is 75.1 Å². The number of nitrogens with zero attached hydrogens (tertiary/aromatic N) is 2. The molecule has 2 aliphatic rings. The molecule has 0 spiro atoms. The van der Waals surface area contributed by atoms with Gasteiger partial charge in [0.1, 0.15) is 12.2 Å². The van der Waals surface area contributed by atoms with Crippen molar-refractivity contribution >= 4 is 36.8 Å². The van der Waals surface area contributed by atoms with Crippen LogP contribution in [0.3, 0.4) is 0 Å². The average Bonchev–Trinajstić information content (AvgIpc) is 3.68. The van der Waals surface area contributed by atoms with Crippen molar-refractivity contribution in [2.45, 2.75) is 37.9 Å². The van der Waals surface area contributed by atoms with Crippen molar-refractivity contribution < 1.29 is 19.1 Å². The summed E-state index contributed by atoms with van der Waals surface area (Å²) in [7, 11) is 0. The number of hydrogen-bond acceptors (Lipinski definition) is 6. The second-order valence-electron chi connectivity index (χ2n) is 10.2. The van der Waals surface area contributed by atoms with Crippen molar-refractivity contribution in [2.24, 2.45) is 0 Å². The molecule has 0 aromatic heterocycles. The van der Waals surface area contributed by atoms with Crippen LogP contribution in [-0.2, 0) is 9.47 Å². The fourth-order valence-electron chi connectivity index (χ4n) is 5.38. The second-order valence-corrected chi connectivity index (χ2v) is 10.2. The highest BCUT2D eigenvalue weighted by Crippen LogP contribution is 2.26. The first-order valence-corrected chi connectivity index (χ1v) is 13.7. The molecule has 5 rings (SSSR count). The number of hydrogen-bond donors (Lipinski definition) is 0. The number of carbonyl (C=O) groups is 2. The van der Waals surface area contributed by atoms with Crippen LogP contribution >= 0.6 is 24.8 Å². The van der Waals surface area contributed by atoms with Gasteiger partial charge in [-0.25, -0.2) is 9.59 Å². The van der Waals surface area contributed by atoms with Crippen LogP contribution in [0.1, 0.15) is 69.7 Å². The standard InChI is InChI=1S/C32H36N2O4.2ClH/c35-31(37-29(23-33-19-9-10-20-33)25-13-3-1-4-14-25)27-17-7-8-18-28(27)32(36)38-30(24-34-21-11-12-22-34)26-15-5-2-6-16-26;;/h1-8,13-18,29-30H,9-12,19-24H2;2*1H. The summed E-state index contributed by atoms with van der Waals surface area (Å²) in [6.07, 6.45) is 3.79. The normalized spacial score (nSPS) is 16.8. The summed E-state index contributed by atoms with van der Waals surface area (Å²) in [6.45, 7) is 5.27. The van der Waals surface area contributed by atoms with E-state index < -0.39 is 24.1 Å². The summed E-state index contributed by atoms with van der Waals surface area (Å²) in [5.41, 5.74) is 2.35. The smallest absolute Gasteiger partial charge is 0.339 e. The quantitative estimate of drug-likeness (QED) is 0.253. The highest BCUT2D eigenvalue weighted by molar-refractivity contribution is 6.03. The van der Waals surface area contributed by atoms with E-state index in [4.69, 9.17) is 9.47 Å². The zero-order valence-electron chi connectivity index (χ0n) is 22.7. The summed E-state index contributed by atoms with van der Waals surface area (Å²) in [6, 6.07) is 26.5. The lowest BCUT2D eigenvalue weighted by Crippen LogP contribution is -2.29. The molecule has 2 heterocycles. The molecule has 2 saturated heterocycles. The van der Waals surface area contributed by atoms with Gasteiger partial charge in [0.15, 0.2) is 0 Å². The Labute approximate surface area is 249 Å². The number of carbonyl (C=O) groups excluding carboxylic acids is 2. The number of benzene rings is 3. The highest BCUT2D eigenvalue weighted by atomic mass is 35.5. The van der Waals surface area contributed by atoms with Gasteiger partial charge in [-0.15, -0.1) is 24.8 Å². The van der Waals surface area contributed by atoms with Gasteiger partial charge in [-0.3, -0.25) is 9.80 Å². The van der Waals surface area contributed by atoms with Gasteiger partial charge in [-0.1, -0.05) is 72.8 Å². The zero-order chi connectivity index (χ0) is 26.2. The third kappa shape index (κ3) is 8.31. The van der Waals surface area contributed by atoms with Crippen molar-refractivity contribution in [1.29, 1.82) is 0 Å². The molecule has 2 aliphatic heterocycles. The third-order valence-corrected chi connectivity index (χ3v) is 7.45. The Kier molecular flexibility index (Phi) is 12.5. The number of ether oxygens (including phenoxy) is 2. The van der Waals surface area contributed by atoms with Crippen LogP contribution in [0, 0.1) is 0 Å². The summed E-state index contributed by atoms with van der Waals surface area (Å²) in [5, 5.41) is 0. The predicted octanol–water partition coefficient (Wildman–Crippen LogP) is 6.52. The molecule has 0 saturated carbocycles. The lowest BCUT2D eigenvalue weighted by atomic mass is 10.1. The topological polar surface area (TPSA) is 59.1 Å². The molecular weight excluding hydrogens is 547 g/mol. The van der Waals surface area contributed by atoms with Gasteiger partial charge in [-0.2, -0.15) is 0 Å². The van der Waals surface area contributed by atoms with Crippen LogP contribution in [0.25, 0.3) is 0 Å². The number of likely N-dealkylation sites (tertiary alicyclic amines) is 2. The Morgan fingerprint density at radius 2 is 0.875 bits per heavy atom. The molecule has 0 bridgehead atoms. The van der Waals surface area contributed by atoms with Crippen molar-refractivity contribution in [3.05, 3.63) is 107 Å². The summed E-state index contributed by atoms with van der Waals surface area (Å²) in [4.78, 5) is 31.7. The van der Waals surface area contributed by atoms with Gasteiger partial charge in [0.2, 0.25) is 0 Å². The molecule has 0 radical (unpaired) electrons. The van der Waals surface area contributed by atoms with Crippen molar-refractivity contribution in [3.8, 4) is 0 Å². The SMILES string of the molecule is Cl.Cl.O=C(OC(CN1CCCC1)c1ccccc1)c1ccccc1C(=O)OC(CN1CCCC1)c1ccccc1. The Balaban J connectivity index is 0.00000220. The average molecular weight is 586 g/mol. The molecule has 2 unspecified atom stereocenters. The molecule has 8 heteroatoms. The van der Waals surface area contributed by atoms with Gasteiger partial charge in [0.25, 0.3) is 0 Å². The van der Waals surface area contributed by atoms with Crippen molar-refractivity contribution in [1.82, 2.24) is 9.80 Å². The van der Waals surface area contributed by atoms with Gasteiger partial charge >= 0.3 is 11.9 Å². The van der Waals surface area contributed by atoms with E-state index in [9.17, 15) is 9.59 Å². The van der Waals surface area contributed by atoms with E-state index in [1.807, 2.05) is 60.7 Å². The molecule has 3 aromatic rings. The van der Waals surface area contributed by atoms with Gasteiger partial charge in [0.05, 0.1) is 11.1 Å². The van der Waals surface area contributed by atoms with Gasteiger partial charge < -0.3 is 9.47 Å². The lowest BCUT2D eigenvalue weighted by molar-refractivity contribution is 0.0170. The molecular formula is C32H38Cl2N2O4. The summed E-state index contributed by atoms with van der Waals surface area (Å²) < 4.78 is 12.2. The molecule has 40 heavy (non-hydrogen) atoms. The van der Waals surface area contributed by atoms with E-state index in [1.165, 1.54) is 0 Å². The van der Waals surface area contributed by atoms with E-state index in [0.29, 0.717) is 13.1 Å². The van der Waals surface area contributed by atoms with Crippen LogP contribution in [0.2, 0.25) is 0 Å². The maximum Gasteiger partial charge on any atom is 0.339 e. The van der Waals surface area contributed by atoms with E-state index in [1.54, 1.807) is 24.3 Å². The highest BCUT2D eigenvalue weighted by Gasteiger charge is 2.28. The maximum atomic E-state index is 13.5. The minimum Gasteiger partial charge on any atom is -0.452 e. The van der Waals surface area contributed by atoms with E-state index in [-0.39, 0.29) is 35.9 Å². The molecule has 3 aromatic carbocycles. The maximum absolute atomic E-state index is 13.5. The first-order valence-electron chi connectivity index (χ1n) is 13.7. The summed E-state index contributed by atoms with van der Waals surface area (Å²) >= 11 is 0. The fourth-order valence-corrected chi connectivity index (χ4v) is 5.38. The largest absolute Gasteiger partial charge is 0.452 e. The van der Waals surface area contributed by atoms with Gasteiger partial charge in [0, 0.05) is 13.1 Å². The molecule has 214 valence electrons.